The maximum Gasteiger partial charge on any atom is 0.287 e. The molecule has 5 nitrogen and oxygen atoms in total. The SMILES string of the molecule is CN(C)Cc1ccoc1C(=O)NC1CCCCC1CN1CCCCC1. The van der Waals surface area contributed by atoms with Crippen molar-refractivity contribution < 1.29 is 9.21 Å². The van der Waals surface area contributed by atoms with E-state index in [1.54, 1.807) is 6.26 Å². The summed E-state index contributed by atoms with van der Waals surface area (Å²) in [6, 6.07) is 2.18. The number of piperidine rings is 1. The molecule has 0 bridgehead atoms. The molecule has 1 aromatic rings. The van der Waals surface area contributed by atoms with Gasteiger partial charge in [0.15, 0.2) is 5.76 Å². The normalized spacial score (nSPS) is 25.2. The summed E-state index contributed by atoms with van der Waals surface area (Å²) in [5, 5.41) is 3.30. The van der Waals surface area contributed by atoms with Crippen LogP contribution in [0.25, 0.3) is 0 Å². The average Bonchev–Trinajstić information content (AvgIpc) is 3.05. The Hall–Kier alpha value is -1.33. The largest absolute Gasteiger partial charge is 0.459 e. The van der Waals surface area contributed by atoms with E-state index >= 15 is 0 Å². The summed E-state index contributed by atoms with van der Waals surface area (Å²) in [5.74, 6) is 1.01. The first kappa shape index (κ1) is 18.5. The van der Waals surface area contributed by atoms with E-state index in [1.807, 2.05) is 20.2 Å². The second kappa shape index (κ2) is 8.86. The molecule has 0 spiro atoms. The molecule has 0 aromatic carbocycles. The Balaban J connectivity index is 1.60. The Kier molecular flexibility index (Phi) is 6.54. The van der Waals surface area contributed by atoms with E-state index in [0.717, 1.165) is 25.1 Å². The topological polar surface area (TPSA) is 48.7 Å². The molecule has 2 heterocycles. The van der Waals surface area contributed by atoms with Crippen LogP contribution in [0, 0.1) is 5.92 Å². The number of amides is 1. The maximum atomic E-state index is 12.8. The lowest BCUT2D eigenvalue weighted by Crippen LogP contribution is -2.47. The lowest BCUT2D eigenvalue weighted by Gasteiger charge is -2.37. The second-order valence-corrected chi connectivity index (χ2v) is 8.00. The van der Waals surface area contributed by atoms with Crippen molar-refractivity contribution in [3.8, 4) is 0 Å². The summed E-state index contributed by atoms with van der Waals surface area (Å²) in [4.78, 5) is 17.4. The Morgan fingerprint density at radius 1 is 1.20 bits per heavy atom. The van der Waals surface area contributed by atoms with Crippen LogP contribution in [0.5, 0.6) is 0 Å². The standard InChI is InChI=1S/C20H33N3O2/c1-22(2)14-17-10-13-25-19(17)20(24)21-18-9-5-4-8-16(18)15-23-11-6-3-7-12-23/h10,13,16,18H,3-9,11-12,14-15H2,1-2H3,(H,21,24). The van der Waals surface area contributed by atoms with Gasteiger partial charge in [-0.15, -0.1) is 0 Å². The Bertz CT molecular complexity index is 549. The third-order valence-corrected chi connectivity index (χ3v) is 5.61. The molecule has 2 unspecified atom stereocenters. The number of furan rings is 1. The molecule has 1 saturated heterocycles. The Morgan fingerprint density at radius 3 is 2.72 bits per heavy atom. The minimum Gasteiger partial charge on any atom is -0.459 e. The van der Waals surface area contributed by atoms with Gasteiger partial charge in [0.05, 0.1) is 6.26 Å². The van der Waals surface area contributed by atoms with E-state index in [1.165, 1.54) is 51.6 Å². The summed E-state index contributed by atoms with van der Waals surface area (Å²) in [7, 11) is 4.01. The molecule has 25 heavy (non-hydrogen) atoms. The summed E-state index contributed by atoms with van der Waals surface area (Å²) in [6.07, 6.45) is 10.5. The minimum absolute atomic E-state index is 0.0441. The van der Waals surface area contributed by atoms with Crippen molar-refractivity contribution in [3.05, 3.63) is 23.7 Å². The molecule has 1 aromatic heterocycles. The Labute approximate surface area is 151 Å². The van der Waals surface area contributed by atoms with Crippen LogP contribution in [0.2, 0.25) is 0 Å². The van der Waals surface area contributed by atoms with E-state index in [9.17, 15) is 4.79 Å². The lowest BCUT2D eigenvalue weighted by atomic mass is 9.83. The molecule has 140 valence electrons. The van der Waals surface area contributed by atoms with Crippen molar-refractivity contribution in [1.82, 2.24) is 15.1 Å². The quantitative estimate of drug-likeness (QED) is 0.859. The number of likely N-dealkylation sites (tertiary alicyclic amines) is 1. The first-order valence-electron chi connectivity index (χ1n) is 9.88. The lowest BCUT2D eigenvalue weighted by molar-refractivity contribution is 0.0848. The number of nitrogens with zero attached hydrogens (tertiary/aromatic N) is 2. The monoisotopic (exact) mass is 347 g/mol. The van der Waals surface area contributed by atoms with Gasteiger partial charge >= 0.3 is 0 Å². The van der Waals surface area contributed by atoms with E-state index in [4.69, 9.17) is 4.42 Å². The van der Waals surface area contributed by atoms with E-state index < -0.39 is 0 Å². The summed E-state index contributed by atoms with van der Waals surface area (Å²) in [5.41, 5.74) is 0.964. The molecule has 2 aliphatic rings. The van der Waals surface area contributed by atoms with Crippen molar-refractivity contribution in [2.24, 2.45) is 5.92 Å². The molecular weight excluding hydrogens is 314 g/mol. The minimum atomic E-state index is -0.0441. The third kappa shape index (κ3) is 5.08. The zero-order valence-electron chi connectivity index (χ0n) is 15.8. The van der Waals surface area contributed by atoms with Gasteiger partial charge in [0.2, 0.25) is 0 Å². The van der Waals surface area contributed by atoms with E-state index in [2.05, 4.69) is 15.1 Å². The van der Waals surface area contributed by atoms with Crippen LogP contribution < -0.4 is 5.32 Å². The average molecular weight is 348 g/mol. The number of hydrogen-bond acceptors (Lipinski definition) is 4. The van der Waals surface area contributed by atoms with Crippen LogP contribution in [-0.2, 0) is 6.54 Å². The molecule has 1 saturated carbocycles. The van der Waals surface area contributed by atoms with Gasteiger partial charge in [0.25, 0.3) is 5.91 Å². The van der Waals surface area contributed by atoms with E-state index in [0.29, 0.717) is 11.7 Å². The first-order valence-corrected chi connectivity index (χ1v) is 9.88. The molecule has 0 radical (unpaired) electrons. The van der Waals surface area contributed by atoms with Crippen LogP contribution >= 0.6 is 0 Å². The smallest absolute Gasteiger partial charge is 0.287 e. The van der Waals surface area contributed by atoms with Gasteiger partial charge in [-0.2, -0.15) is 0 Å². The van der Waals surface area contributed by atoms with Crippen LogP contribution in [0.4, 0.5) is 0 Å². The fraction of sp³-hybridized carbons (Fsp3) is 0.750. The molecule has 1 N–H and O–H groups in total. The van der Waals surface area contributed by atoms with Crippen LogP contribution in [0.1, 0.15) is 61.1 Å². The highest BCUT2D eigenvalue weighted by Gasteiger charge is 2.30. The highest BCUT2D eigenvalue weighted by atomic mass is 16.3. The number of carbonyl (C=O) groups is 1. The van der Waals surface area contributed by atoms with Gasteiger partial charge in [0, 0.05) is 24.7 Å². The molecular formula is C20H33N3O2. The van der Waals surface area contributed by atoms with Gasteiger partial charge < -0.3 is 19.5 Å². The zero-order valence-corrected chi connectivity index (χ0v) is 15.8. The molecule has 1 aliphatic carbocycles. The van der Waals surface area contributed by atoms with E-state index in [-0.39, 0.29) is 11.9 Å². The van der Waals surface area contributed by atoms with Crippen LogP contribution in [-0.4, -0.2) is 55.5 Å². The zero-order chi connectivity index (χ0) is 17.6. The molecule has 3 rings (SSSR count). The number of hydrogen-bond donors (Lipinski definition) is 1. The van der Waals surface area contributed by atoms with Crippen molar-refractivity contribution in [2.45, 2.75) is 57.5 Å². The summed E-state index contributed by atoms with van der Waals surface area (Å²) < 4.78 is 5.50. The van der Waals surface area contributed by atoms with Gasteiger partial charge in [-0.05, 0) is 64.9 Å². The highest BCUT2D eigenvalue weighted by molar-refractivity contribution is 5.93. The van der Waals surface area contributed by atoms with Gasteiger partial charge in [-0.25, -0.2) is 0 Å². The molecule has 1 aliphatic heterocycles. The van der Waals surface area contributed by atoms with Crippen LogP contribution in [0.15, 0.2) is 16.7 Å². The summed E-state index contributed by atoms with van der Waals surface area (Å²) >= 11 is 0. The molecule has 1 amide bonds. The number of rotatable bonds is 6. The number of carbonyl (C=O) groups excluding carboxylic acids is 1. The molecule has 2 fully saturated rings. The van der Waals surface area contributed by atoms with Crippen molar-refractivity contribution >= 4 is 5.91 Å². The predicted molar refractivity (Wildman–Crippen MR) is 99.6 cm³/mol. The van der Waals surface area contributed by atoms with Crippen molar-refractivity contribution in [3.63, 3.8) is 0 Å². The highest BCUT2D eigenvalue weighted by Crippen LogP contribution is 2.27. The van der Waals surface area contributed by atoms with Gasteiger partial charge in [-0.1, -0.05) is 19.3 Å². The third-order valence-electron chi connectivity index (χ3n) is 5.61. The van der Waals surface area contributed by atoms with Gasteiger partial charge in [0.1, 0.15) is 0 Å². The molecule has 5 heteroatoms. The maximum absolute atomic E-state index is 12.8. The van der Waals surface area contributed by atoms with Crippen molar-refractivity contribution in [1.29, 1.82) is 0 Å². The fourth-order valence-electron chi connectivity index (χ4n) is 4.32. The Morgan fingerprint density at radius 2 is 1.96 bits per heavy atom. The van der Waals surface area contributed by atoms with Crippen molar-refractivity contribution in [2.75, 3.05) is 33.7 Å². The fourth-order valence-corrected chi connectivity index (χ4v) is 4.32. The second-order valence-electron chi connectivity index (χ2n) is 8.00. The van der Waals surface area contributed by atoms with Gasteiger partial charge in [-0.3, -0.25) is 4.79 Å². The number of nitrogens with one attached hydrogen (secondary N) is 1. The first-order chi connectivity index (χ1) is 12.1. The summed E-state index contributed by atoms with van der Waals surface area (Å²) in [6.45, 7) is 4.31. The molecule has 2 atom stereocenters. The van der Waals surface area contributed by atoms with Crippen LogP contribution in [0.3, 0.4) is 0 Å². The predicted octanol–water partition coefficient (Wildman–Crippen LogP) is 3.12.